The van der Waals surface area contributed by atoms with E-state index in [-0.39, 0.29) is 21.3 Å². The molecule has 6 nitrogen and oxygen atoms in total. The predicted octanol–water partition coefficient (Wildman–Crippen LogP) is 3.81. The van der Waals surface area contributed by atoms with Crippen molar-refractivity contribution in [1.29, 1.82) is 0 Å². The highest BCUT2D eigenvalue weighted by Gasteiger charge is 2.18. The molecule has 110 valence electrons. The van der Waals surface area contributed by atoms with Crippen LogP contribution >= 0.6 is 27.5 Å². The number of hydrogen-bond donors (Lipinski definition) is 1. The Morgan fingerprint density at radius 1 is 1.19 bits per heavy atom. The third-order valence-electron chi connectivity index (χ3n) is 2.51. The summed E-state index contributed by atoms with van der Waals surface area (Å²) in [6.07, 6.45) is 0. The minimum Gasteiger partial charge on any atom is -0.278 e. The molecule has 0 aromatic heterocycles. The Kier molecular flexibility index (Phi) is 4.50. The highest BCUT2D eigenvalue weighted by molar-refractivity contribution is 9.10. The zero-order valence-electron chi connectivity index (χ0n) is 10.3. The van der Waals surface area contributed by atoms with E-state index in [1.165, 1.54) is 24.3 Å². The van der Waals surface area contributed by atoms with Crippen LogP contribution in [-0.2, 0) is 10.0 Å². The third kappa shape index (κ3) is 3.72. The summed E-state index contributed by atoms with van der Waals surface area (Å²) in [4.78, 5) is 10.1. The van der Waals surface area contributed by atoms with Gasteiger partial charge in [-0.05, 0) is 24.3 Å². The van der Waals surface area contributed by atoms with Crippen LogP contribution in [0.4, 0.5) is 11.4 Å². The van der Waals surface area contributed by atoms with E-state index in [1.54, 1.807) is 12.1 Å². The van der Waals surface area contributed by atoms with Crippen LogP contribution in [0.5, 0.6) is 0 Å². The van der Waals surface area contributed by atoms with Gasteiger partial charge in [0.2, 0.25) is 0 Å². The normalized spacial score (nSPS) is 11.1. The van der Waals surface area contributed by atoms with Crippen molar-refractivity contribution in [3.63, 3.8) is 0 Å². The summed E-state index contributed by atoms with van der Waals surface area (Å²) in [5.74, 6) is 0. The lowest BCUT2D eigenvalue weighted by atomic mass is 10.3. The average molecular weight is 392 g/mol. The fourth-order valence-corrected chi connectivity index (χ4v) is 3.43. The van der Waals surface area contributed by atoms with Gasteiger partial charge in [0.25, 0.3) is 15.7 Å². The van der Waals surface area contributed by atoms with Crippen molar-refractivity contribution in [3.8, 4) is 0 Å². The molecule has 0 aliphatic heterocycles. The van der Waals surface area contributed by atoms with Crippen LogP contribution in [0.2, 0.25) is 5.02 Å². The predicted molar refractivity (Wildman–Crippen MR) is 83.1 cm³/mol. The van der Waals surface area contributed by atoms with Gasteiger partial charge in [-0.25, -0.2) is 8.42 Å². The monoisotopic (exact) mass is 390 g/mol. The number of non-ortho nitro benzene ring substituents is 1. The summed E-state index contributed by atoms with van der Waals surface area (Å²) in [7, 11) is -3.89. The van der Waals surface area contributed by atoms with Crippen LogP contribution in [0.1, 0.15) is 0 Å². The van der Waals surface area contributed by atoms with E-state index in [1.807, 2.05) is 0 Å². The molecule has 0 saturated carbocycles. The lowest BCUT2D eigenvalue weighted by molar-refractivity contribution is -0.384. The van der Waals surface area contributed by atoms with E-state index < -0.39 is 14.9 Å². The Hall–Kier alpha value is -1.64. The van der Waals surface area contributed by atoms with Crippen LogP contribution in [0.25, 0.3) is 0 Å². The van der Waals surface area contributed by atoms with Crippen molar-refractivity contribution in [2.24, 2.45) is 0 Å². The number of hydrogen-bond acceptors (Lipinski definition) is 4. The highest BCUT2D eigenvalue weighted by Crippen LogP contribution is 2.29. The molecule has 0 bridgehead atoms. The van der Waals surface area contributed by atoms with Crippen molar-refractivity contribution in [2.75, 3.05) is 4.72 Å². The second-order valence-corrected chi connectivity index (χ2v) is 6.99. The van der Waals surface area contributed by atoms with Gasteiger partial charge < -0.3 is 0 Å². The maximum Gasteiger partial charge on any atom is 0.271 e. The molecule has 0 amide bonds. The molecule has 0 unspecified atom stereocenters. The van der Waals surface area contributed by atoms with E-state index in [9.17, 15) is 18.5 Å². The van der Waals surface area contributed by atoms with Crippen LogP contribution in [0.3, 0.4) is 0 Å². The van der Waals surface area contributed by atoms with Gasteiger partial charge >= 0.3 is 0 Å². The molecule has 1 N–H and O–H groups in total. The van der Waals surface area contributed by atoms with Gasteiger partial charge in [-0.1, -0.05) is 33.6 Å². The SMILES string of the molecule is O=[N+]([O-])c1ccc(Cl)c(NS(=O)(=O)c2cccc(Br)c2)c1. The topological polar surface area (TPSA) is 89.3 Å². The molecule has 0 spiro atoms. The number of halogens is 2. The van der Waals surface area contributed by atoms with E-state index in [4.69, 9.17) is 11.6 Å². The van der Waals surface area contributed by atoms with Crippen LogP contribution in [0, 0.1) is 10.1 Å². The molecule has 2 aromatic carbocycles. The van der Waals surface area contributed by atoms with E-state index in [2.05, 4.69) is 20.7 Å². The standard InChI is InChI=1S/C12H8BrClN2O4S/c13-8-2-1-3-10(6-8)21(19,20)15-12-7-9(16(17)18)4-5-11(12)14/h1-7,15H. The van der Waals surface area contributed by atoms with Gasteiger partial charge in [0.15, 0.2) is 0 Å². The number of nitro groups is 1. The largest absolute Gasteiger partial charge is 0.278 e. The summed E-state index contributed by atoms with van der Waals surface area (Å²) in [6.45, 7) is 0. The number of benzene rings is 2. The van der Waals surface area contributed by atoms with Crippen molar-refractivity contribution in [2.45, 2.75) is 4.90 Å². The van der Waals surface area contributed by atoms with Gasteiger partial charge in [-0.15, -0.1) is 0 Å². The first-order valence-electron chi connectivity index (χ1n) is 5.52. The van der Waals surface area contributed by atoms with Crippen molar-refractivity contribution < 1.29 is 13.3 Å². The van der Waals surface area contributed by atoms with Crippen LogP contribution in [0.15, 0.2) is 51.8 Å². The molecular weight excluding hydrogens is 384 g/mol. The fraction of sp³-hybridized carbons (Fsp3) is 0. The number of rotatable bonds is 4. The average Bonchev–Trinajstić information content (AvgIpc) is 2.41. The second kappa shape index (κ2) is 6.00. The van der Waals surface area contributed by atoms with Gasteiger partial charge in [0.1, 0.15) is 0 Å². The molecule has 0 aliphatic rings. The molecule has 2 rings (SSSR count). The van der Waals surface area contributed by atoms with Crippen LogP contribution in [-0.4, -0.2) is 13.3 Å². The minimum absolute atomic E-state index is 0.0134. The summed E-state index contributed by atoms with van der Waals surface area (Å²) in [6, 6.07) is 9.58. The first-order valence-corrected chi connectivity index (χ1v) is 8.17. The summed E-state index contributed by atoms with van der Waals surface area (Å²) >= 11 is 9.04. The molecule has 21 heavy (non-hydrogen) atoms. The number of sulfonamides is 1. The Bertz CT molecular complexity index is 811. The van der Waals surface area contributed by atoms with Crippen molar-refractivity contribution in [1.82, 2.24) is 0 Å². The third-order valence-corrected chi connectivity index (χ3v) is 4.70. The lowest BCUT2D eigenvalue weighted by Crippen LogP contribution is -2.13. The molecule has 2 aromatic rings. The van der Waals surface area contributed by atoms with E-state index in [0.29, 0.717) is 4.47 Å². The highest BCUT2D eigenvalue weighted by atomic mass is 79.9. The lowest BCUT2D eigenvalue weighted by Gasteiger charge is -2.09. The summed E-state index contributed by atoms with van der Waals surface area (Å²) in [5.41, 5.74) is -0.308. The molecule has 0 saturated heterocycles. The Morgan fingerprint density at radius 3 is 2.52 bits per heavy atom. The Morgan fingerprint density at radius 2 is 1.90 bits per heavy atom. The molecule has 0 fully saturated rings. The molecule has 0 aliphatic carbocycles. The summed E-state index contributed by atoms with van der Waals surface area (Å²) < 4.78 is 27.3. The maximum atomic E-state index is 12.2. The zero-order chi connectivity index (χ0) is 15.6. The van der Waals surface area contributed by atoms with E-state index >= 15 is 0 Å². The molecule has 0 atom stereocenters. The smallest absolute Gasteiger partial charge is 0.271 e. The van der Waals surface area contributed by atoms with E-state index in [0.717, 1.165) is 6.07 Å². The van der Waals surface area contributed by atoms with Crippen molar-refractivity contribution >= 4 is 48.9 Å². The second-order valence-electron chi connectivity index (χ2n) is 3.98. The Balaban J connectivity index is 2.41. The number of anilines is 1. The maximum absolute atomic E-state index is 12.2. The molecule has 9 heteroatoms. The quantitative estimate of drug-likeness (QED) is 0.634. The molecule has 0 heterocycles. The molecular formula is C12H8BrClN2O4S. The minimum atomic E-state index is -3.89. The van der Waals surface area contributed by atoms with Gasteiger partial charge in [-0.3, -0.25) is 14.8 Å². The number of nitrogens with zero attached hydrogens (tertiary/aromatic N) is 1. The molecule has 0 radical (unpaired) electrons. The Labute approximate surface area is 134 Å². The van der Waals surface area contributed by atoms with Gasteiger partial charge in [0, 0.05) is 16.6 Å². The fourth-order valence-electron chi connectivity index (χ4n) is 1.54. The van der Waals surface area contributed by atoms with Crippen LogP contribution < -0.4 is 4.72 Å². The number of nitro benzene ring substituents is 1. The first-order chi connectivity index (χ1) is 9.79. The number of nitrogens with one attached hydrogen (secondary N) is 1. The van der Waals surface area contributed by atoms with Crippen molar-refractivity contribution in [3.05, 3.63) is 62.1 Å². The zero-order valence-corrected chi connectivity index (χ0v) is 13.4. The first kappa shape index (κ1) is 15.7. The summed E-state index contributed by atoms with van der Waals surface area (Å²) in [5, 5.41) is 10.8. The van der Waals surface area contributed by atoms with Gasteiger partial charge in [0.05, 0.1) is 20.5 Å². The van der Waals surface area contributed by atoms with Gasteiger partial charge in [-0.2, -0.15) is 0 Å².